The first-order chi connectivity index (χ1) is 8.52. The molecule has 0 aromatic heterocycles. The molecule has 1 amide bonds. The molecule has 0 heterocycles. The molecule has 1 aromatic carbocycles. The molecule has 0 aliphatic rings. The predicted octanol–water partition coefficient (Wildman–Crippen LogP) is 3.14. The molecular formula is C12H14ClNO4. The number of hydrogen-bond acceptors (Lipinski definition) is 3. The Morgan fingerprint density at radius 1 is 1.50 bits per heavy atom. The van der Waals surface area contributed by atoms with E-state index in [-0.39, 0.29) is 6.42 Å². The summed E-state index contributed by atoms with van der Waals surface area (Å²) in [7, 11) is 0. The van der Waals surface area contributed by atoms with Crippen LogP contribution in [0.15, 0.2) is 24.3 Å². The van der Waals surface area contributed by atoms with Gasteiger partial charge in [-0.25, -0.2) is 9.59 Å². The molecule has 0 saturated carbocycles. The van der Waals surface area contributed by atoms with Crippen molar-refractivity contribution in [1.82, 2.24) is 0 Å². The van der Waals surface area contributed by atoms with Crippen LogP contribution in [0.5, 0.6) is 0 Å². The lowest BCUT2D eigenvalue weighted by atomic mass is 10.2. The van der Waals surface area contributed by atoms with E-state index in [1.165, 1.54) is 0 Å². The van der Waals surface area contributed by atoms with E-state index in [0.29, 0.717) is 17.1 Å². The molecule has 0 bridgehead atoms. The fraction of sp³-hybridized carbons (Fsp3) is 0.333. The largest absolute Gasteiger partial charge is 0.479 e. The summed E-state index contributed by atoms with van der Waals surface area (Å²) in [6.45, 7) is 1.81. The Morgan fingerprint density at radius 2 is 2.22 bits per heavy atom. The maximum absolute atomic E-state index is 11.5. The third kappa shape index (κ3) is 4.63. The van der Waals surface area contributed by atoms with E-state index in [1.807, 2.05) is 6.92 Å². The van der Waals surface area contributed by atoms with Crippen LogP contribution in [0.4, 0.5) is 10.5 Å². The van der Waals surface area contributed by atoms with Crippen LogP contribution < -0.4 is 5.32 Å². The van der Waals surface area contributed by atoms with Crippen molar-refractivity contribution < 1.29 is 19.4 Å². The SMILES string of the molecule is CCCC(OC(=O)Nc1cccc(Cl)c1)C(=O)O. The average molecular weight is 272 g/mol. The standard InChI is InChI=1S/C12H14ClNO4/c1-2-4-10(11(15)16)18-12(17)14-9-6-3-5-8(13)7-9/h3,5-7,10H,2,4H2,1H3,(H,14,17)(H,15,16). The van der Waals surface area contributed by atoms with Gasteiger partial charge in [0.2, 0.25) is 6.10 Å². The summed E-state index contributed by atoms with van der Waals surface area (Å²) in [5, 5.41) is 11.7. The molecule has 0 aliphatic heterocycles. The normalized spacial score (nSPS) is 11.7. The van der Waals surface area contributed by atoms with Crippen molar-refractivity contribution in [2.45, 2.75) is 25.9 Å². The van der Waals surface area contributed by atoms with Crippen LogP contribution in [0.25, 0.3) is 0 Å². The summed E-state index contributed by atoms with van der Waals surface area (Å²) in [6, 6.07) is 6.50. The molecule has 1 atom stereocenters. The van der Waals surface area contributed by atoms with Gasteiger partial charge in [0.1, 0.15) is 0 Å². The smallest absolute Gasteiger partial charge is 0.412 e. The molecule has 5 nitrogen and oxygen atoms in total. The number of carbonyl (C=O) groups excluding carboxylic acids is 1. The number of benzene rings is 1. The Labute approximate surface area is 110 Å². The molecule has 98 valence electrons. The number of carbonyl (C=O) groups is 2. The van der Waals surface area contributed by atoms with Crippen LogP contribution in [-0.2, 0) is 9.53 Å². The predicted molar refractivity (Wildman–Crippen MR) is 67.9 cm³/mol. The molecule has 0 radical (unpaired) electrons. The Bertz CT molecular complexity index is 436. The zero-order chi connectivity index (χ0) is 13.5. The van der Waals surface area contributed by atoms with Crippen molar-refractivity contribution in [2.24, 2.45) is 0 Å². The number of nitrogens with one attached hydrogen (secondary N) is 1. The van der Waals surface area contributed by atoms with E-state index >= 15 is 0 Å². The Balaban J connectivity index is 2.57. The van der Waals surface area contributed by atoms with Crippen molar-refractivity contribution in [3.8, 4) is 0 Å². The topological polar surface area (TPSA) is 75.6 Å². The first kappa shape index (κ1) is 14.3. The molecule has 0 fully saturated rings. The lowest BCUT2D eigenvalue weighted by Gasteiger charge is -2.13. The van der Waals surface area contributed by atoms with Crippen molar-refractivity contribution in [1.29, 1.82) is 0 Å². The zero-order valence-corrected chi connectivity index (χ0v) is 10.6. The lowest BCUT2D eigenvalue weighted by Crippen LogP contribution is -2.29. The van der Waals surface area contributed by atoms with Gasteiger partial charge in [-0.3, -0.25) is 5.32 Å². The van der Waals surface area contributed by atoms with E-state index in [9.17, 15) is 9.59 Å². The Kier molecular flexibility index (Phi) is 5.45. The van der Waals surface area contributed by atoms with Gasteiger partial charge in [-0.15, -0.1) is 0 Å². The maximum atomic E-state index is 11.5. The Hall–Kier alpha value is -1.75. The molecule has 0 spiro atoms. The number of anilines is 1. The van der Waals surface area contributed by atoms with E-state index in [0.717, 1.165) is 0 Å². The minimum atomic E-state index is -1.15. The van der Waals surface area contributed by atoms with Crippen molar-refractivity contribution in [2.75, 3.05) is 5.32 Å². The molecule has 1 rings (SSSR count). The number of aliphatic carboxylic acids is 1. The summed E-state index contributed by atoms with van der Waals surface area (Å²) < 4.78 is 4.80. The highest BCUT2D eigenvalue weighted by molar-refractivity contribution is 6.30. The molecule has 0 aliphatic carbocycles. The summed E-state index contributed by atoms with van der Waals surface area (Å²) in [5.74, 6) is -1.15. The highest BCUT2D eigenvalue weighted by Gasteiger charge is 2.21. The molecule has 1 unspecified atom stereocenters. The van der Waals surface area contributed by atoms with E-state index in [2.05, 4.69) is 5.32 Å². The third-order valence-corrected chi connectivity index (χ3v) is 2.38. The fourth-order valence-electron chi connectivity index (χ4n) is 1.34. The van der Waals surface area contributed by atoms with Gasteiger partial charge < -0.3 is 9.84 Å². The van der Waals surface area contributed by atoms with Crippen molar-refractivity contribution in [3.63, 3.8) is 0 Å². The summed E-state index contributed by atoms with van der Waals surface area (Å²) in [6.07, 6.45) is -1.05. The van der Waals surface area contributed by atoms with Gasteiger partial charge in [0.25, 0.3) is 0 Å². The fourth-order valence-corrected chi connectivity index (χ4v) is 1.53. The van der Waals surface area contributed by atoms with Crippen LogP contribution in [0.2, 0.25) is 5.02 Å². The minimum Gasteiger partial charge on any atom is -0.479 e. The van der Waals surface area contributed by atoms with Gasteiger partial charge >= 0.3 is 12.1 Å². The highest BCUT2D eigenvalue weighted by atomic mass is 35.5. The molecule has 0 saturated heterocycles. The third-order valence-electron chi connectivity index (χ3n) is 2.15. The number of rotatable bonds is 5. The van der Waals surface area contributed by atoms with Gasteiger partial charge in [-0.2, -0.15) is 0 Å². The number of hydrogen-bond donors (Lipinski definition) is 2. The average Bonchev–Trinajstić information content (AvgIpc) is 2.28. The lowest BCUT2D eigenvalue weighted by molar-refractivity contribution is -0.146. The van der Waals surface area contributed by atoms with Crippen LogP contribution in [0.3, 0.4) is 0 Å². The molecular weight excluding hydrogens is 258 g/mol. The number of carboxylic acid groups (broad SMARTS) is 1. The van der Waals surface area contributed by atoms with Gasteiger partial charge in [0, 0.05) is 10.7 Å². The van der Waals surface area contributed by atoms with E-state index < -0.39 is 18.2 Å². The van der Waals surface area contributed by atoms with Gasteiger partial charge in [-0.05, 0) is 24.6 Å². The quantitative estimate of drug-likeness (QED) is 0.863. The van der Waals surface area contributed by atoms with Crippen molar-refractivity contribution >= 4 is 29.4 Å². The number of amides is 1. The highest BCUT2D eigenvalue weighted by Crippen LogP contribution is 2.15. The second kappa shape index (κ2) is 6.86. The maximum Gasteiger partial charge on any atom is 0.412 e. The van der Waals surface area contributed by atoms with E-state index in [1.54, 1.807) is 24.3 Å². The molecule has 2 N–H and O–H groups in total. The second-order valence-corrected chi connectivity index (χ2v) is 4.09. The minimum absolute atomic E-state index is 0.276. The molecule has 1 aromatic rings. The first-order valence-corrected chi connectivity index (χ1v) is 5.86. The molecule has 6 heteroatoms. The Morgan fingerprint density at radius 3 is 2.78 bits per heavy atom. The number of ether oxygens (including phenoxy) is 1. The molecule has 18 heavy (non-hydrogen) atoms. The van der Waals surface area contributed by atoms with Gasteiger partial charge in [0.15, 0.2) is 0 Å². The zero-order valence-electron chi connectivity index (χ0n) is 9.85. The number of carboxylic acids is 1. The van der Waals surface area contributed by atoms with Crippen LogP contribution in [-0.4, -0.2) is 23.3 Å². The second-order valence-electron chi connectivity index (χ2n) is 3.66. The van der Waals surface area contributed by atoms with Gasteiger partial charge in [-0.1, -0.05) is 31.0 Å². The van der Waals surface area contributed by atoms with E-state index in [4.69, 9.17) is 21.4 Å². The summed E-state index contributed by atoms with van der Waals surface area (Å²) in [5.41, 5.74) is 0.452. The van der Waals surface area contributed by atoms with Crippen LogP contribution in [0.1, 0.15) is 19.8 Å². The van der Waals surface area contributed by atoms with Crippen LogP contribution in [0, 0.1) is 0 Å². The van der Waals surface area contributed by atoms with Crippen molar-refractivity contribution in [3.05, 3.63) is 29.3 Å². The van der Waals surface area contributed by atoms with Gasteiger partial charge in [0.05, 0.1) is 0 Å². The van der Waals surface area contributed by atoms with Crippen LogP contribution >= 0.6 is 11.6 Å². The summed E-state index contributed by atoms with van der Waals surface area (Å²) >= 11 is 5.75. The number of halogens is 1. The monoisotopic (exact) mass is 271 g/mol. The first-order valence-electron chi connectivity index (χ1n) is 5.49. The summed E-state index contributed by atoms with van der Waals surface area (Å²) in [4.78, 5) is 22.3.